The third-order valence-corrected chi connectivity index (χ3v) is 4.65. The van der Waals surface area contributed by atoms with Crippen molar-refractivity contribution in [2.45, 2.75) is 24.8 Å². The normalized spacial score (nSPS) is 24.5. The van der Waals surface area contributed by atoms with Crippen molar-refractivity contribution in [2.75, 3.05) is 0 Å². The van der Waals surface area contributed by atoms with Crippen molar-refractivity contribution in [2.24, 2.45) is 5.92 Å². The molecule has 3 atom stereocenters. The minimum atomic E-state index is -1.11. The SMILES string of the molecule is CC(NC(=O)[C@@H]1C[C@@]1(C(=O)O)c1ccccc1)c1csnn1. The van der Waals surface area contributed by atoms with E-state index in [0.717, 1.165) is 0 Å². The van der Waals surface area contributed by atoms with Crippen LogP contribution in [0.2, 0.25) is 0 Å². The van der Waals surface area contributed by atoms with Gasteiger partial charge in [0.1, 0.15) is 5.41 Å². The standard InChI is InChI=1S/C15H15N3O3S/c1-9(12-8-22-18-17-12)16-13(19)11-7-15(11,14(20)21)10-5-3-2-4-6-10/h2-6,8-9,11H,7H2,1H3,(H,16,19)(H,20,21)/t9?,11-,15+/m0/s1. The number of nitrogens with zero attached hydrogens (tertiary/aromatic N) is 2. The van der Waals surface area contributed by atoms with E-state index >= 15 is 0 Å². The molecule has 22 heavy (non-hydrogen) atoms. The van der Waals surface area contributed by atoms with Gasteiger partial charge in [-0.15, -0.1) is 5.10 Å². The number of carbonyl (C=O) groups is 2. The van der Waals surface area contributed by atoms with Crippen molar-refractivity contribution in [3.63, 3.8) is 0 Å². The second-order valence-electron chi connectivity index (χ2n) is 5.46. The molecule has 114 valence electrons. The summed E-state index contributed by atoms with van der Waals surface area (Å²) in [6.07, 6.45) is 0.320. The highest BCUT2D eigenvalue weighted by Gasteiger charge is 2.65. The van der Waals surface area contributed by atoms with Crippen LogP contribution in [0.15, 0.2) is 35.7 Å². The lowest BCUT2D eigenvalue weighted by atomic mass is 9.93. The van der Waals surface area contributed by atoms with Gasteiger partial charge in [-0.25, -0.2) is 0 Å². The van der Waals surface area contributed by atoms with Crippen LogP contribution >= 0.6 is 11.5 Å². The monoisotopic (exact) mass is 317 g/mol. The molecule has 0 bridgehead atoms. The zero-order valence-electron chi connectivity index (χ0n) is 11.9. The van der Waals surface area contributed by atoms with E-state index < -0.39 is 17.3 Å². The van der Waals surface area contributed by atoms with E-state index in [2.05, 4.69) is 14.9 Å². The molecule has 1 aliphatic rings. The summed E-state index contributed by atoms with van der Waals surface area (Å²) in [5, 5.41) is 18.1. The van der Waals surface area contributed by atoms with E-state index in [1.807, 2.05) is 13.0 Å². The van der Waals surface area contributed by atoms with Crippen LogP contribution in [0.4, 0.5) is 0 Å². The van der Waals surface area contributed by atoms with Gasteiger partial charge < -0.3 is 10.4 Å². The highest BCUT2D eigenvalue weighted by Crippen LogP contribution is 2.54. The number of aliphatic carboxylic acids is 1. The van der Waals surface area contributed by atoms with Gasteiger partial charge in [0.2, 0.25) is 5.91 Å². The molecule has 1 fully saturated rings. The fourth-order valence-electron chi connectivity index (χ4n) is 2.74. The van der Waals surface area contributed by atoms with Gasteiger partial charge in [-0.05, 0) is 30.4 Å². The Morgan fingerprint density at radius 3 is 2.73 bits per heavy atom. The summed E-state index contributed by atoms with van der Waals surface area (Å²) in [6.45, 7) is 1.81. The van der Waals surface area contributed by atoms with E-state index in [9.17, 15) is 14.7 Å². The predicted octanol–water partition coefficient (Wildman–Crippen LogP) is 1.76. The molecule has 1 aromatic carbocycles. The van der Waals surface area contributed by atoms with Crippen molar-refractivity contribution in [1.29, 1.82) is 0 Å². The van der Waals surface area contributed by atoms with Crippen LogP contribution < -0.4 is 5.32 Å². The number of aromatic nitrogens is 2. The summed E-state index contributed by atoms with van der Waals surface area (Å²) in [5.41, 5.74) is 0.246. The number of hydrogen-bond donors (Lipinski definition) is 2. The lowest BCUT2D eigenvalue weighted by Crippen LogP contribution is -2.33. The summed E-state index contributed by atoms with van der Waals surface area (Å²) < 4.78 is 3.76. The fraction of sp³-hybridized carbons (Fsp3) is 0.333. The molecule has 1 aliphatic carbocycles. The van der Waals surface area contributed by atoms with Crippen molar-refractivity contribution in [3.8, 4) is 0 Å². The van der Waals surface area contributed by atoms with Gasteiger partial charge in [-0.2, -0.15) is 0 Å². The zero-order chi connectivity index (χ0) is 15.7. The molecule has 7 heteroatoms. The maximum absolute atomic E-state index is 12.4. The lowest BCUT2D eigenvalue weighted by Gasteiger charge is -2.15. The van der Waals surface area contributed by atoms with Gasteiger partial charge in [0.05, 0.1) is 17.7 Å². The van der Waals surface area contributed by atoms with Gasteiger partial charge in [0.15, 0.2) is 0 Å². The van der Waals surface area contributed by atoms with Crippen LogP contribution in [-0.2, 0) is 15.0 Å². The van der Waals surface area contributed by atoms with Crippen LogP contribution in [0, 0.1) is 5.92 Å². The van der Waals surface area contributed by atoms with E-state index in [1.54, 1.807) is 29.6 Å². The van der Waals surface area contributed by atoms with E-state index in [4.69, 9.17) is 0 Å². The second-order valence-corrected chi connectivity index (χ2v) is 6.07. The predicted molar refractivity (Wildman–Crippen MR) is 80.3 cm³/mol. The largest absolute Gasteiger partial charge is 0.481 e. The summed E-state index contributed by atoms with van der Waals surface area (Å²) in [6, 6.07) is 8.64. The van der Waals surface area contributed by atoms with Gasteiger partial charge in [0, 0.05) is 5.38 Å². The number of rotatable bonds is 5. The Morgan fingerprint density at radius 1 is 1.41 bits per heavy atom. The first kappa shape index (κ1) is 14.6. The number of carboxylic acid groups (broad SMARTS) is 1. The molecule has 1 saturated carbocycles. The van der Waals surface area contributed by atoms with Gasteiger partial charge >= 0.3 is 5.97 Å². The number of amides is 1. The topological polar surface area (TPSA) is 92.2 Å². The Morgan fingerprint density at radius 2 is 2.14 bits per heavy atom. The molecule has 1 unspecified atom stereocenters. The summed E-state index contributed by atoms with van der Waals surface area (Å²) in [7, 11) is 0. The Kier molecular flexibility index (Phi) is 3.66. The van der Waals surface area contributed by atoms with Crippen LogP contribution in [0.1, 0.15) is 30.6 Å². The molecule has 6 nitrogen and oxygen atoms in total. The zero-order valence-corrected chi connectivity index (χ0v) is 12.7. The number of nitrogens with one attached hydrogen (secondary N) is 1. The molecular weight excluding hydrogens is 302 g/mol. The first-order chi connectivity index (χ1) is 10.6. The minimum absolute atomic E-state index is 0.258. The average Bonchev–Trinajstić information content (AvgIpc) is 3.05. The van der Waals surface area contributed by atoms with E-state index in [1.165, 1.54) is 11.5 Å². The Bertz CT molecular complexity index is 689. The number of hydrogen-bond acceptors (Lipinski definition) is 5. The number of carboxylic acids is 1. The molecule has 3 rings (SSSR count). The summed E-state index contributed by atoms with van der Waals surface area (Å²) >= 11 is 1.21. The van der Waals surface area contributed by atoms with Crippen molar-refractivity contribution < 1.29 is 14.7 Å². The molecule has 0 spiro atoms. The third-order valence-electron chi connectivity index (χ3n) is 4.13. The van der Waals surface area contributed by atoms with Crippen molar-refractivity contribution >= 4 is 23.4 Å². The van der Waals surface area contributed by atoms with Crippen LogP contribution in [0.25, 0.3) is 0 Å². The first-order valence-electron chi connectivity index (χ1n) is 6.92. The van der Waals surface area contributed by atoms with Crippen LogP contribution in [0.5, 0.6) is 0 Å². The Balaban J connectivity index is 1.76. The minimum Gasteiger partial charge on any atom is -0.481 e. The molecule has 1 heterocycles. The fourth-order valence-corrected chi connectivity index (χ4v) is 3.29. The Labute approximate surface area is 131 Å². The molecule has 2 aromatic rings. The maximum Gasteiger partial charge on any atom is 0.314 e. The molecule has 1 aromatic heterocycles. The first-order valence-corrected chi connectivity index (χ1v) is 7.75. The molecule has 0 radical (unpaired) electrons. The highest BCUT2D eigenvalue weighted by atomic mass is 32.1. The molecule has 2 N–H and O–H groups in total. The number of carbonyl (C=O) groups excluding carboxylic acids is 1. The van der Waals surface area contributed by atoms with Crippen LogP contribution in [0.3, 0.4) is 0 Å². The van der Waals surface area contributed by atoms with Crippen LogP contribution in [-0.4, -0.2) is 26.6 Å². The average molecular weight is 317 g/mol. The Hall–Kier alpha value is -2.28. The number of benzene rings is 1. The smallest absolute Gasteiger partial charge is 0.314 e. The molecule has 1 amide bonds. The van der Waals surface area contributed by atoms with Crippen molar-refractivity contribution in [3.05, 3.63) is 47.0 Å². The van der Waals surface area contributed by atoms with Gasteiger partial charge in [-0.3, -0.25) is 9.59 Å². The summed E-state index contributed by atoms with van der Waals surface area (Å²) in [5.74, 6) is -1.77. The second kappa shape index (κ2) is 5.49. The highest BCUT2D eigenvalue weighted by molar-refractivity contribution is 7.03. The lowest BCUT2D eigenvalue weighted by molar-refractivity contribution is -0.142. The van der Waals surface area contributed by atoms with E-state index in [-0.39, 0.29) is 11.9 Å². The maximum atomic E-state index is 12.4. The van der Waals surface area contributed by atoms with Gasteiger partial charge in [-0.1, -0.05) is 34.8 Å². The third kappa shape index (κ3) is 2.37. The molecular formula is C15H15N3O3S. The summed E-state index contributed by atoms with van der Waals surface area (Å²) in [4.78, 5) is 24.1. The van der Waals surface area contributed by atoms with E-state index in [0.29, 0.717) is 17.7 Å². The molecule has 0 aliphatic heterocycles. The van der Waals surface area contributed by atoms with Gasteiger partial charge in [0.25, 0.3) is 0 Å². The van der Waals surface area contributed by atoms with Crippen molar-refractivity contribution in [1.82, 2.24) is 14.9 Å². The quantitative estimate of drug-likeness (QED) is 0.876. The molecule has 0 saturated heterocycles.